The zero-order chi connectivity index (χ0) is 8.10. The molecular weight excluding hydrogens is 178 g/mol. The highest BCUT2D eigenvalue weighted by atomic mass is 32.2. The van der Waals surface area contributed by atoms with E-state index in [1.165, 1.54) is 11.3 Å². The van der Waals surface area contributed by atoms with E-state index in [2.05, 4.69) is 4.98 Å². The van der Waals surface area contributed by atoms with E-state index in [1.807, 2.05) is 5.38 Å². The van der Waals surface area contributed by atoms with Gasteiger partial charge < -0.3 is 11.5 Å². The van der Waals surface area contributed by atoms with Gasteiger partial charge in [0.15, 0.2) is 5.13 Å². The molecule has 1 heterocycles. The van der Waals surface area contributed by atoms with E-state index in [9.17, 15) is 0 Å². The highest BCUT2D eigenvalue weighted by Crippen LogP contribution is 2.16. The zero-order valence-corrected chi connectivity index (χ0v) is 7.75. The van der Waals surface area contributed by atoms with E-state index >= 15 is 0 Å². The molecule has 0 saturated heterocycles. The van der Waals surface area contributed by atoms with Crippen molar-refractivity contribution < 1.29 is 0 Å². The molecule has 11 heavy (non-hydrogen) atoms. The lowest BCUT2D eigenvalue weighted by Crippen LogP contribution is -2.01. The van der Waals surface area contributed by atoms with Crippen LogP contribution in [0, 0.1) is 0 Å². The maximum Gasteiger partial charge on any atom is 0.180 e. The molecule has 1 rings (SSSR count). The van der Waals surface area contributed by atoms with E-state index < -0.39 is 0 Å². The summed E-state index contributed by atoms with van der Waals surface area (Å²) >= 11 is 3.27. The number of aromatic nitrogens is 1. The number of hydrogen-bond acceptors (Lipinski definition) is 5. The molecule has 0 spiro atoms. The van der Waals surface area contributed by atoms with Crippen LogP contribution in [0.15, 0.2) is 5.38 Å². The topological polar surface area (TPSA) is 64.9 Å². The van der Waals surface area contributed by atoms with Crippen LogP contribution >= 0.6 is 23.1 Å². The molecule has 0 saturated carbocycles. The molecule has 0 aliphatic heterocycles. The highest BCUT2D eigenvalue weighted by molar-refractivity contribution is 7.98. The molecule has 0 aromatic carbocycles. The van der Waals surface area contributed by atoms with Crippen LogP contribution in [0.4, 0.5) is 5.13 Å². The fourth-order valence-corrected chi connectivity index (χ4v) is 1.99. The van der Waals surface area contributed by atoms with Crippen molar-refractivity contribution in [2.24, 2.45) is 5.73 Å². The highest BCUT2D eigenvalue weighted by Gasteiger charge is 1.97. The standard InChI is InChI=1S/C6H11N3S2/c7-1-2-10-3-5-4-11-6(8)9-5/h4H,1-3,7H2,(H2,8,9). The summed E-state index contributed by atoms with van der Waals surface area (Å²) in [6.45, 7) is 0.726. The molecule has 0 fully saturated rings. The van der Waals surface area contributed by atoms with Crippen molar-refractivity contribution >= 4 is 28.2 Å². The van der Waals surface area contributed by atoms with Gasteiger partial charge in [0, 0.05) is 23.4 Å². The van der Waals surface area contributed by atoms with Crippen molar-refractivity contribution in [1.82, 2.24) is 4.98 Å². The number of hydrogen-bond donors (Lipinski definition) is 2. The number of thiazole rings is 1. The van der Waals surface area contributed by atoms with Gasteiger partial charge in [-0.2, -0.15) is 11.8 Å². The molecule has 0 amide bonds. The molecule has 1 aromatic rings. The first-order valence-electron chi connectivity index (χ1n) is 3.30. The van der Waals surface area contributed by atoms with Crippen LogP contribution in [-0.4, -0.2) is 17.3 Å². The minimum Gasteiger partial charge on any atom is -0.375 e. The number of anilines is 1. The summed E-state index contributed by atoms with van der Waals surface area (Å²) in [6.07, 6.45) is 0. The lowest BCUT2D eigenvalue weighted by molar-refractivity contribution is 1.14. The average Bonchev–Trinajstić information content (AvgIpc) is 2.37. The van der Waals surface area contributed by atoms with Crippen LogP contribution < -0.4 is 11.5 Å². The van der Waals surface area contributed by atoms with Gasteiger partial charge in [-0.15, -0.1) is 11.3 Å². The van der Waals surface area contributed by atoms with E-state index in [0.29, 0.717) is 5.13 Å². The zero-order valence-electron chi connectivity index (χ0n) is 6.12. The SMILES string of the molecule is NCCSCc1csc(N)n1. The molecule has 0 unspecified atom stereocenters. The van der Waals surface area contributed by atoms with E-state index in [1.54, 1.807) is 11.8 Å². The molecule has 0 atom stereocenters. The Hall–Kier alpha value is -0.260. The fourth-order valence-electron chi connectivity index (χ4n) is 0.649. The van der Waals surface area contributed by atoms with Gasteiger partial charge in [-0.25, -0.2) is 4.98 Å². The number of thioether (sulfide) groups is 1. The predicted octanol–water partition coefficient (Wildman–Crippen LogP) is 0.917. The molecular formula is C6H11N3S2. The van der Waals surface area contributed by atoms with Crippen LogP contribution in [0.5, 0.6) is 0 Å². The molecule has 0 bridgehead atoms. The second-order valence-electron chi connectivity index (χ2n) is 2.02. The van der Waals surface area contributed by atoms with Crippen LogP contribution in [0.2, 0.25) is 0 Å². The number of nitrogens with zero attached hydrogens (tertiary/aromatic N) is 1. The monoisotopic (exact) mass is 189 g/mol. The largest absolute Gasteiger partial charge is 0.375 e. The molecule has 3 nitrogen and oxygen atoms in total. The summed E-state index contributed by atoms with van der Waals surface area (Å²) in [5.74, 6) is 1.91. The number of rotatable bonds is 4. The predicted molar refractivity (Wildman–Crippen MR) is 51.7 cm³/mol. The van der Waals surface area contributed by atoms with Gasteiger partial charge in [-0.3, -0.25) is 0 Å². The van der Waals surface area contributed by atoms with Crippen molar-refractivity contribution in [3.8, 4) is 0 Å². The quantitative estimate of drug-likeness (QED) is 0.691. The fraction of sp³-hybridized carbons (Fsp3) is 0.500. The van der Waals surface area contributed by atoms with Crippen molar-refractivity contribution in [3.63, 3.8) is 0 Å². The second kappa shape index (κ2) is 4.58. The Kier molecular flexibility index (Phi) is 3.68. The lowest BCUT2D eigenvalue weighted by atomic mass is 10.6. The van der Waals surface area contributed by atoms with Gasteiger partial charge >= 0.3 is 0 Å². The van der Waals surface area contributed by atoms with Gasteiger partial charge in [-0.05, 0) is 0 Å². The molecule has 0 radical (unpaired) electrons. The second-order valence-corrected chi connectivity index (χ2v) is 4.01. The lowest BCUT2D eigenvalue weighted by Gasteiger charge is -1.93. The van der Waals surface area contributed by atoms with Crippen LogP contribution in [-0.2, 0) is 5.75 Å². The Labute approximate surface area is 74.2 Å². The van der Waals surface area contributed by atoms with Gasteiger partial charge in [-0.1, -0.05) is 0 Å². The van der Waals surface area contributed by atoms with Gasteiger partial charge in [0.1, 0.15) is 0 Å². The Morgan fingerprint density at radius 3 is 3.00 bits per heavy atom. The van der Waals surface area contributed by atoms with E-state index in [4.69, 9.17) is 11.5 Å². The first-order chi connectivity index (χ1) is 5.33. The molecule has 0 aliphatic carbocycles. The van der Waals surface area contributed by atoms with E-state index in [-0.39, 0.29) is 0 Å². The van der Waals surface area contributed by atoms with Crippen molar-refractivity contribution in [1.29, 1.82) is 0 Å². The summed E-state index contributed by atoms with van der Waals surface area (Å²) in [4.78, 5) is 4.12. The van der Waals surface area contributed by atoms with Crippen molar-refractivity contribution in [3.05, 3.63) is 11.1 Å². The van der Waals surface area contributed by atoms with Gasteiger partial charge in [0.2, 0.25) is 0 Å². The van der Waals surface area contributed by atoms with Gasteiger partial charge in [0.25, 0.3) is 0 Å². The normalized spacial score (nSPS) is 10.3. The first kappa shape index (κ1) is 8.83. The van der Waals surface area contributed by atoms with Crippen molar-refractivity contribution in [2.45, 2.75) is 5.75 Å². The molecule has 62 valence electrons. The number of nitrogen functional groups attached to an aromatic ring is 1. The first-order valence-corrected chi connectivity index (χ1v) is 5.34. The third-order valence-electron chi connectivity index (χ3n) is 1.08. The maximum atomic E-state index is 5.46. The third-order valence-corrected chi connectivity index (χ3v) is 2.83. The Morgan fingerprint density at radius 1 is 1.64 bits per heavy atom. The molecule has 1 aromatic heterocycles. The third kappa shape index (κ3) is 3.09. The molecule has 4 N–H and O–H groups in total. The summed E-state index contributed by atoms with van der Waals surface area (Å²) in [5.41, 5.74) is 11.9. The van der Waals surface area contributed by atoms with Crippen LogP contribution in [0.25, 0.3) is 0 Å². The molecule has 0 aliphatic rings. The minimum absolute atomic E-state index is 0.647. The average molecular weight is 189 g/mol. The Balaban J connectivity index is 2.27. The smallest absolute Gasteiger partial charge is 0.180 e. The van der Waals surface area contributed by atoms with E-state index in [0.717, 1.165) is 23.7 Å². The number of nitrogens with two attached hydrogens (primary N) is 2. The summed E-state index contributed by atoms with van der Waals surface area (Å²) < 4.78 is 0. The van der Waals surface area contributed by atoms with Gasteiger partial charge in [0.05, 0.1) is 5.69 Å². The maximum absolute atomic E-state index is 5.46. The molecule has 5 heteroatoms. The van der Waals surface area contributed by atoms with Crippen LogP contribution in [0.1, 0.15) is 5.69 Å². The summed E-state index contributed by atoms with van der Waals surface area (Å²) in [6, 6.07) is 0. The summed E-state index contributed by atoms with van der Waals surface area (Å²) in [5, 5.41) is 2.63. The Bertz CT molecular complexity index is 211. The summed E-state index contributed by atoms with van der Waals surface area (Å²) in [7, 11) is 0. The Morgan fingerprint density at radius 2 is 2.45 bits per heavy atom. The minimum atomic E-state index is 0.647. The van der Waals surface area contributed by atoms with Crippen LogP contribution in [0.3, 0.4) is 0 Å². The van der Waals surface area contributed by atoms with Crippen molar-refractivity contribution in [2.75, 3.05) is 18.0 Å².